The molecule has 0 spiro atoms. The molecule has 1 heterocycles. The number of carboxylic acid groups (broad SMARTS) is 1. The second-order valence-electron chi connectivity index (χ2n) is 5.68. The highest BCUT2D eigenvalue weighted by molar-refractivity contribution is 7.15. The quantitative estimate of drug-likeness (QED) is 0.404. The molecule has 0 atom stereocenters. The first-order valence-electron chi connectivity index (χ1n) is 7.88. The van der Waals surface area contributed by atoms with Crippen molar-refractivity contribution in [3.8, 4) is 16.9 Å². The average molecular weight is 491 g/mol. The van der Waals surface area contributed by atoms with Crippen molar-refractivity contribution >= 4 is 74.6 Å². The van der Waals surface area contributed by atoms with Crippen molar-refractivity contribution in [3.63, 3.8) is 0 Å². The number of hydrogen-bond acceptors (Lipinski definition) is 4. The Morgan fingerprint density at radius 1 is 1.03 bits per heavy atom. The van der Waals surface area contributed by atoms with Crippen molar-refractivity contribution in [1.29, 1.82) is 0 Å². The summed E-state index contributed by atoms with van der Waals surface area (Å²) >= 11 is 25.3. The molecule has 0 aliphatic rings. The third-order valence-electron chi connectivity index (χ3n) is 3.95. The van der Waals surface area contributed by atoms with E-state index >= 15 is 0 Å². The monoisotopic (exact) mass is 489 g/mol. The lowest BCUT2D eigenvalue weighted by Gasteiger charge is -2.13. The van der Waals surface area contributed by atoms with E-state index in [9.17, 15) is 14.7 Å². The van der Waals surface area contributed by atoms with Crippen LogP contribution < -0.4 is 10.1 Å². The Hall–Kier alpha value is -1.96. The van der Waals surface area contributed by atoms with Crippen LogP contribution in [0.15, 0.2) is 35.7 Å². The third-order valence-corrected chi connectivity index (χ3v) is 6.03. The summed E-state index contributed by atoms with van der Waals surface area (Å²) in [7, 11) is 1.35. The molecule has 0 aliphatic carbocycles. The Morgan fingerprint density at radius 2 is 1.69 bits per heavy atom. The Balaban J connectivity index is 2.02. The van der Waals surface area contributed by atoms with Gasteiger partial charge in [-0.25, -0.2) is 4.79 Å². The topological polar surface area (TPSA) is 75.6 Å². The highest BCUT2D eigenvalue weighted by Gasteiger charge is 2.25. The van der Waals surface area contributed by atoms with Gasteiger partial charge < -0.3 is 15.2 Å². The molecule has 0 aliphatic heterocycles. The van der Waals surface area contributed by atoms with Gasteiger partial charge in [0, 0.05) is 16.0 Å². The summed E-state index contributed by atoms with van der Waals surface area (Å²) in [5.41, 5.74) is 0.958. The predicted octanol–water partition coefficient (Wildman–Crippen LogP) is 6.99. The van der Waals surface area contributed by atoms with Crippen LogP contribution in [0, 0.1) is 0 Å². The predicted molar refractivity (Wildman–Crippen MR) is 118 cm³/mol. The molecule has 1 aromatic heterocycles. The number of rotatable bonds is 5. The number of methoxy groups -OCH3 is 1. The fourth-order valence-corrected chi connectivity index (χ4v) is 4.81. The van der Waals surface area contributed by atoms with Gasteiger partial charge >= 0.3 is 5.97 Å². The van der Waals surface area contributed by atoms with Crippen molar-refractivity contribution < 1.29 is 19.4 Å². The van der Waals surface area contributed by atoms with Crippen LogP contribution in [0.1, 0.15) is 20.7 Å². The number of carbonyl (C=O) groups excluding carboxylic acids is 1. The first-order valence-corrected chi connectivity index (χ1v) is 10.3. The lowest BCUT2D eigenvalue weighted by atomic mass is 10.0. The fraction of sp³-hybridized carbons (Fsp3) is 0.0526. The van der Waals surface area contributed by atoms with E-state index in [1.807, 2.05) is 0 Å². The number of carbonyl (C=O) groups is 2. The van der Waals surface area contributed by atoms with Crippen LogP contribution in [0.5, 0.6) is 5.75 Å². The molecule has 3 rings (SSSR count). The van der Waals surface area contributed by atoms with Gasteiger partial charge in [-0.15, -0.1) is 11.3 Å². The van der Waals surface area contributed by atoms with E-state index in [4.69, 9.17) is 51.1 Å². The third kappa shape index (κ3) is 4.32. The molecule has 1 amide bonds. The number of amides is 1. The molecule has 2 aromatic carbocycles. The maximum atomic E-state index is 12.8. The largest absolute Gasteiger partial charge is 0.494 e. The van der Waals surface area contributed by atoms with Gasteiger partial charge in [-0.2, -0.15) is 0 Å². The molecule has 5 nitrogen and oxygen atoms in total. The fourth-order valence-electron chi connectivity index (χ4n) is 2.64. The number of benzene rings is 2. The molecule has 3 aromatic rings. The first kappa shape index (κ1) is 21.7. The van der Waals surface area contributed by atoms with Crippen molar-refractivity contribution in [2.24, 2.45) is 0 Å². The highest BCUT2D eigenvalue weighted by atomic mass is 35.5. The van der Waals surface area contributed by atoms with Gasteiger partial charge in [0.05, 0.1) is 27.7 Å². The minimum absolute atomic E-state index is 0.00431. The summed E-state index contributed by atoms with van der Waals surface area (Å²) in [5, 5.41) is 14.6. The Kier molecular flexibility index (Phi) is 6.61. The minimum atomic E-state index is -1.20. The van der Waals surface area contributed by atoms with E-state index in [1.54, 1.807) is 29.6 Å². The molecule has 0 saturated carbocycles. The van der Waals surface area contributed by atoms with E-state index in [0.29, 0.717) is 16.1 Å². The van der Waals surface area contributed by atoms with Gasteiger partial charge in [-0.05, 0) is 23.8 Å². The summed E-state index contributed by atoms with van der Waals surface area (Å²) < 4.78 is 5.10. The van der Waals surface area contributed by atoms with Gasteiger partial charge in [0.2, 0.25) is 0 Å². The molecular weight excluding hydrogens is 480 g/mol. The number of halogens is 4. The molecule has 29 heavy (non-hydrogen) atoms. The maximum Gasteiger partial charge on any atom is 0.339 e. The lowest BCUT2D eigenvalue weighted by Crippen LogP contribution is -2.15. The van der Waals surface area contributed by atoms with E-state index in [2.05, 4.69) is 5.32 Å². The van der Waals surface area contributed by atoms with Crippen LogP contribution in [0.2, 0.25) is 20.1 Å². The van der Waals surface area contributed by atoms with Crippen LogP contribution in [-0.4, -0.2) is 24.1 Å². The van der Waals surface area contributed by atoms with Gasteiger partial charge in [0.25, 0.3) is 5.91 Å². The zero-order chi connectivity index (χ0) is 21.3. The molecule has 0 radical (unpaired) electrons. The van der Waals surface area contributed by atoms with E-state index in [-0.39, 0.29) is 36.9 Å². The smallest absolute Gasteiger partial charge is 0.339 e. The number of aromatic carboxylic acids is 1. The summed E-state index contributed by atoms with van der Waals surface area (Å²) in [6, 6.07) is 8.02. The van der Waals surface area contributed by atoms with Gasteiger partial charge in [-0.1, -0.05) is 58.5 Å². The zero-order valence-corrected chi connectivity index (χ0v) is 18.4. The van der Waals surface area contributed by atoms with Crippen LogP contribution in [0.4, 0.5) is 5.00 Å². The van der Waals surface area contributed by atoms with Gasteiger partial charge in [0.1, 0.15) is 10.6 Å². The van der Waals surface area contributed by atoms with E-state index in [0.717, 1.165) is 11.3 Å². The van der Waals surface area contributed by atoms with Crippen molar-refractivity contribution in [1.82, 2.24) is 0 Å². The number of hydrogen-bond donors (Lipinski definition) is 2. The molecular formula is C19H11Cl4NO4S. The molecule has 150 valence electrons. The number of nitrogens with one attached hydrogen (secondary N) is 1. The van der Waals surface area contributed by atoms with Crippen molar-refractivity contribution in [2.45, 2.75) is 0 Å². The van der Waals surface area contributed by atoms with E-state index < -0.39 is 11.9 Å². The Bertz CT molecular complexity index is 1110. The second-order valence-corrected chi connectivity index (χ2v) is 8.19. The molecule has 0 bridgehead atoms. The molecule has 2 N–H and O–H groups in total. The standard InChI is InChI=1S/C19H11Cl4NO4S/c1-28-16-12(22)6-11(21)14(15(16)23)17(25)24-18-13(19(26)27)10(7-29-18)8-2-4-9(20)5-3-8/h2-7H,1H3,(H,24,25)(H,26,27). The zero-order valence-electron chi connectivity index (χ0n) is 14.6. The summed E-state index contributed by atoms with van der Waals surface area (Å²) in [4.78, 5) is 24.7. The van der Waals surface area contributed by atoms with Gasteiger partial charge in [-0.3, -0.25) is 4.79 Å². The number of carboxylic acids is 1. The molecule has 0 fully saturated rings. The second kappa shape index (κ2) is 8.81. The summed E-state index contributed by atoms with van der Waals surface area (Å²) in [6.45, 7) is 0. The van der Waals surface area contributed by atoms with Gasteiger partial charge in [0.15, 0.2) is 5.75 Å². The average Bonchev–Trinajstić information content (AvgIpc) is 3.06. The maximum absolute atomic E-state index is 12.8. The van der Waals surface area contributed by atoms with Crippen molar-refractivity contribution in [3.05, 3.63) is 66.9 Å². The van der Waals surface area contributed by atoms with Crippen LogP contribution in [0.25, 0.3) is 11.1 Å². The molecule has 0 saturated heterocycles. The summed E-state index contributed by atoms with van der Waals surface area (Å²) in [5.74, 6) is -1.80. The van der Waals surface area contributed by atoms with Crippen LogP contribution in [-0.2, 0) is 0 Å². The minimum Gasteiger partial charge on any atom is -0.494 e. The lowest BCUT2D eigenvalue weighted by molar-refractivity contribution is 0.0699. The summed E-state index contributed by atoms with van der Waals surface area (Å²) in [6.07, 6.45) is 0. The Morgan fingerprint density at radius 3 is 2.28 bits per heavy atom. The SMILES string of the molecule is COc1c(Cl)cc(Cl)c(C(=O)Nc2scc(-c3ccc(Cl)cc3)c2C(=O)O)c1Cl. The van der Waals surface area contributed by atoms with Crippen LogP contribution >= 0.6 is 57.7 Å². The number of ether oxygens (including phenoxy) is 1. The Labute approximate surface area is 189 Å². The van der Waals surface area contributed by atoms with E-state index in [1.165, 1.54) is 13.2 Å². The van der Waals surface area contributed by atoms with Crippen molar-refractivity contribution in [2.75, 3.05) is 12.4 Å². The number of thiophene rings is 1. The van der Waals surface area contributed by atoms with Crippen LogP contribution in [0.3, 0.4) is 0 Å². The highest BCUT2D eigenvalue weighted by Crippen LogP contribution is 2.41. The first-order chi connectivity index (χ1) is 13.7. The molecule has 0 unspecified atom stereocenters. The molecule has 10 heteroatoms. The number of anilines is 1. The normalized spacial score (nSPS) is 10.7.